The molecular formula is C14H20O3Si. The molecule has 0 aliphatic rings. The quantitative estimate of drug-likeness (QED) is 0.796. The molecule has 0 fully saturated rings. The van der Waals surface area contributed by atoms with E-state index in [0.717, 1.165) is 0 Å². The molecule has 0 aliphatic carbocycles. The smallest absolute Gasteiger partial charge is 0.377 e. The lowest BCUT2D eigenvalue weighted by atomic mass is 10.1. The summed E-state index contributed by atoms with van der Waals surface area (Å²) in [5, 5.41) is 2.62. The summed E-state index contributed by atoms with van der Waals surface area (Å²) in [7, 11) is 2.58. The summed E-state index contributed by atoms with van der Waals surface area (Å²) in [5.74, 6) is 0. The van der Waals surface area contributed by atoms with Gasteiger partial charge in [-0.2, -0.15) is 0 Å². The van der Waals surface area contributed by atoms with E-state index < -0.39 is 8.80 Å². The highest BCUT2D eigenvalue weighted by atomic mass is 28.4. The third kappa shape index (κ3) is 4.23. The Balaban J connectivity index is 0.000000187. The first-order chi connectivity index (χ1) is 8.65. The Bertz CT molecular complexity index is 396. The zero-order chi connectivity index (χ0) is 13.4. The molecule has 0 radical (unpaired) electrons. The van der Waals surface area contributed by atoms with E-state index in [0.29, 0.717) is 0 Å². The van der Waals surface area contributed by atoms with Crippen LogP contribution in [-0.2, 0) is 13.3 Å². The van der Waals surface area contributed by atoms with Crippen LogP contribution in [0.1, 0.15) is 0 Å². The van der Waals surface area contributed by atoms with E-state index >= 15 is 0 Å². The molecule has 0 saturated heterocycles. The first-order valence-corrected chi connectivity index (χ1v) is 7.97. The SMILES string of the molecule is CO[Si](C)(OC)OC.c1ccc2ccccc2c1. The lowest BCUT2D eigenvalue weighted by Crippen LogP contribution is -2.38. The van der Waals surface area contributed by atoms with Gasteiger partial charge in [0, 0.05) is 27.9 Å². The highest BCUT2D eigenvalue weighted by Crippen LogP contribution is 2.11. The third-order valence-electron chi connectivity index (χ3n) is 2.77. The van der Waals surface area contributed by atoms with Crippen LogP contribution in [-0.4, -0.2) is 30.1 Å². The largest absolute Gasteiger partial charge is 0.496 e. The fraction of sp³-hybridized carbons (Fsp3) is 0.286. The summed E-state index contributed by atoms with van der Waals surface area (Å²) in [6.45, 7) is 1.83. The Kier molecular flexibility index (Phi) is 6.01. The molecule has 3 nitrogen and oxygen atoms in total. The number of hydrogen-bond acceptors (Lipinski definition) is 3. The minimum absolute atomic E-state index is 1.31. The molecule has 0 heterocycles. The normalized spacial score (nSPS) is 10.9. The standard InChI is InChI=1S/C10H8.C4H12O3Si/c1-2-6-10-8-4-3-7-9(10)5-1;1-5-8(4,6-2)7-3/h1-8H;1-4H3. The van der Waals surface area contributed by atoms with Crippen molar-refractivity contribution in [2.75, 3.05) is 21.3 Å². The van der Waals surface area contributed by atoms with Gasteiger partial charge in [-0.05, 0) is 10.8 Å². The lowest BCUT2D eigenvalue weighted by Gasteiger charge is -2.18. The predicted octanol–water partition coefficient (Wildman–Crippen LogP) is 3.33. The highest BCUT2D eigenvalue weighted by molar-refractivity contribution is 6.58. The van der Waals surface area contributed by atoms with E-state index in [-0.39, 0.29) is 0 Å². The van der Waals surface area contributed by atoms with Crippen LogP contribution in [0.2, 0.25) is 6.55 Å². The molecule has 2 aromatic rings. The molecule has 0 bridgehead atoms. The van der Waals surface area contributed by atoms with Crippen molar-refractivity contribution in [3.8, 4) is 0 Å². The van der Waals surface area contributed by atoms with E-state index in [4.69, 9.17) is 13.3 Å². The van der Waals surface area contributed by atoms with Crippen LogP contribution in [0.3, 0.4) is 0 Å². The Morgan fingerprint density at radius 3 is 1.11 bits per heavy atom. The first-order valence-electron chi connectivity index (χ1n) is 5.74. The Morgan fingerprint density at radius 1 is 0.667 bits per heavy atom. The molecule has 0 aliphatic heterocycles. The topological polar surface area (TPSA) is 27.7 Å². The maximum atomic E-state index is 4.93. The predicted molar refractivity (Wildman–Crippen MR) is 76.6 cm³/mol. The second-order valence-corrected chi connectivity index (χ2v) is 6.77. The van der Waals surface area contributed by atoms with Crippen molar-refractivity contribution < 1.29 is 13.3 Å². The van der Waals surface area contributed by atoms with Gasteiger partial charge in [-0.1, -0.05) is 48.5 Å². The first kappa shape index (κ1) is 14.9. The van der Waals surface area contributed by atoms with Crippen LogP contribution in [0.25, 0.3) is 10.8 Å². The van der Waals surface area contributed by atoms with Crippen LogP contribution < -0.4 is 0 Å². The maximum absolute atomic E-state index is 4.93. The summed E-state index contributed by atoms with van der Waals surface area (Å²) in [6.07, 6.45) is 0. The van der Waals surface area contributed by atoms with Gasteiger partial charge in [0.25, 0.3) is 0 Å². The number of hydrogen-bond donors (Lipinski definition) is 0. The van der Waals surface area contributed by atoms with Crippen molar-refractivity contribution >= 4 is 19.6 Å². The zero-order valence-corrected chi connectivity index (χ0v) is 12.3. The Labute approximate surface area is 110 Å². The van der Waals surface area contributed by atoms with Crippen molar-refractivity contribution in [2.24, 2.45) is 0 Å². The zero-order valence-electron chi connectivity index (χ0n) is 11.3. The number of benzene rings is 2. The summed E-state index contributed by atoms with van der Waals surface area (Å²) in [6, 6.07) is 16.7. The van der Waals surface area contributed by atoms with Gasteiger partial charge in [-0.25, -0.2) is 0 Å². The second-order valence-electron chi connectivity index (χ2n) is 3.82. The van der Waals surface area contributed by atoms with Gasteiger partial charge < -0.3 is 13.3 Å². The summed E-state index contributed by atoms with van der Waals surface area (Å²) in [5.41, 5.74) is 0. The lowest BCUT2D eigenvalue weighted by molar-refractivity contribution is 0.132. The monoisotopic (exact) mass is 264 g/mol. The third-order valence-corrected chi connectivity index (χ3v) is 5.00. The van der Waals surface area contributed by atoms with E-state index in [1.165, 1.54) is 10.8 Å². The molecule has 2 rings (SSSR count). The van der Waals surface area contributed by atoms with Gasteiger partial charge in [0.1, 0.15) is 0 Å². The summed E-state index contributed by atoms with van der Waals surface area (Å²) < 4.78 is 14.8. The molecule has 0 N–H and O–H groups in total. The number of rotatable bonds is 3. The molecule has 2 aromatic carbocycles. The minimum atomic E-state index is -2.17. The van der Waals surface area contributed by atoms with Crippen molar-refractivity contribution in [3.05, 3.63) is 48.5 Å². The molecule has 0 unspecified atom stereocenters. The molecule has 0 saturated carbocycles. The minimum Gasteiger partial charge on any atom is -0.377 e. The van der Waals surface area contributed by atoms with Gasteiger partial charge in [-0.3, -0.25) is 0 Å². The fourth-order valence-corrected chi connectivity index (χ4v) is 1.88. The molecule has 4 heteroatoms. The van der Waals surface area contributed by atoms with Crippen LogP contribution >= 0.6 is 0 Å². The fourth-order valence-electron chi connectivity index (χ4n) is 1.38. The van der Waals surface area contributed by atoms with Crippen LogP contribution in [0.5, 0.6) is 0 Å². The van der Waals surface area contributed by atoms with Crippen molar-refractivity contribution in [1.29, 1.82) is 0 Å². The van der Waals surface area contributed by atoms with Gasteiger partial charge >= 0.3 is 8.80 Å². The summed E-state index contributed by atoms with van der Waals surface area (Å²) >= 11 is 0. The van der Waals surface area contributed by atoms with Gasteiger partial charge in [0.2, 0.25) is 0 Å². The van der Waals surface area contributed by atoms with Crippen LogP contribution in [0.15, 0.2) is 48.5 Å². The van der Waals surface area contributed by atoms with E-state index in [1.54, 1.807) is 21.3 Å². The molecule has 0 amide bonds. The maximum Gasteiger partial charge on any atom is 0.496 e. The molecule has 0 atom stereocenters. The molecule has 98 valence electrons. The van der Waals surface area contributed by atoms with Crippen molar-refractivity contribution in [2.45, 2.75) is 6.55 Å². The van der Waals surface area contributed by atoms with Crippen molar-refractivity contribution in [3.63, 3.8) is 0 Å². The van der Waals surface area contributed by atoms with Gasteiger partial charge in [0.05, 0.1) is 0 Å². The molecule has 0 spiro atoms. The van der Waals surface area contributed by atoms with Crippen molar-refractivity contribution in [1.82, 2.24) is 0 Å². The molecular weight excluding hydrogens is 244 g/mol. The Morgan fingerprint density at radius 2 is 0.944 bits per heavy atom. The second kappa shape index (κ2) is 7.28. The van der Waals surface area contributed by atoms with E-state index in [2.05, 4.69) is 48.5 Å². The van der Waals surface area contributed by atoms with Crippen LogP contribution in [0, 0.1) is 0 Å². The highest BCUT2D eigenvalue weighted by Gasteiger charge is 2.29. The molecule has 0 aromatic heterocycles. The van der Waals surface area contributed by atoms with E-state index in [1.807, 2.05) is 6.55 Å². The Hall–Kier alpha value is -1.20. The number of fused-ring (bicyclic) bond motifs is 1. The molecule has 18 heavy (non-hydrogen) atoms. The summed E-state index contributed by atoms with van der Waals surface area (Å²) in [4.78, 5) is 0. The average Bonchev–Trinajstić information content (AvgIpc) is 2.47. The van der Waals surface area contributed by atoms with E-state index in [9.17, 15) is 0 Å². The van der Waals surface area contributed by atoms with Gasteiger partial charge in [0.15, 0.2) is 0 Å². The average molecular weight is 264 g/mol. The van der Waals surface area contributed by atoms with Crippen LogP contribution in [0.4, 0.5) is 0 Å². The van der Waals surface area contributed by atoms with Gasteiger partial charge in [-0.15, -0.1) is 0 Å².